The summed E-state index contributed by atoms with van der Waals surface area (Å²) in [5.74, 6) is -0.0739. The van der Waals surface area contributed by atoms with Crippen LogP contribution in [-0.4, -0.2) is 25.9 Å². The van der Waals surface area contributed by atoms with E-state index in [4.69, 9.17) is 0 Å². The summed E-state index contributed by atoms with van der Waals surface area (Å²) in [6.07, 6.45) is 4.95. The maximum Gasteiger partial charge on any atom is 0.260 e. The maximum atomic E-state index is 12.9. The molecule has 6 nitrogen and oxygen atoms in total. The van der Waals surface area contributed by atoms with Crippen LogP contribution in [0.3, 0.4) is 0 Å². The molecule has 1 aliphatic heterocycles. The number of carbonyl (C=O) groups excluding carboxylic acids is 1. The molecule has 2 aromatic heterocycles. The number of amides is 1. The molecule has 0 saturated heterocycles. The number of hydrogen-bond donors (Lipinski definition) is 0. The first-order valence-corrected chi connectivity index (χ1v) is 7.00. The van der Waals surface area contributed by atoms with Crippen molar-refractivity contribution in [1.82, 2.24) is 20.0 Å². The summed E-state index contributed by atoms with van der Waals surface area (Å²) in [5, 5.41) is 8.05. The van der Waals surface area contributed by atoms with Crippen molar-refractivity contribution in [3.63, 3.8) is 0 Å². The molecule has 3 heterocycles. The molecular weight excluding hydrogens is 278 g/mol. The Balaban J connectivity index is 1.83. The number of pyridine rings is 1. The lowest BCUT2D eigenvalue weighted by molar-refractivity contribution is 0.0984. The second-order valence-corrected chi connectivity index (χ2v) is 5.14. The van der Waals surface area contributed by atoms with Gasteiger partial charge in [0.15, 0.2) is 0 Å². The Bertz CT molecular complexity index is 827. The Labute approximate surface area is 127 Å². The molecule has 0 unspecified atom stereocenters. The van der Waals surface area contributed by atoms with Crippen molar-refractivity contribution in [2.45, 2.75) is 13.1 Å². The topological polar surface area (TPSA) is 63.9 Å². The van der Waals surface area contributed by atoms with Gasteiger partial charge in [0.25, 0.3) is 5.91 Å². The number of fused-ring (bicyclic) bond motifs is 2. The Hall–Kier alpha value is -3.02. The van der Waals surface area contributed by atoms with Crippen molar-refractivity contribution in [2.75, 3.05) is 4.90 Å². The summed E-state index contributed by atoms with van der Waals surface area (Å²) in [6.45, 7) is 1.06. The van der Waals surface area contributed by atoms with E-state index in [0.29, 0.717) is 18.7 Å². The zero-order chi connectivity index (χ0) is 14.9. The molecule has 0 aliphatic carbocycles. The molecule has 108 valence electrons. The average molecular weight is 291 g/mol. The summed E-state index contributed by atoms with van der Waals surface area (Å²) >= 11 is 0. The van der Waals surface area contributed by atoms with E-state index >= 15 is 0 Å². The quantitative estimate of drug-likeness (QED) is 0.686. The van der Waals surface area contributed by atoms with Crippen LogP contribution in [0.5, 0.6) is 0 Å². The van der Waals surface area contributed by atoms with Gasteiger partial charge in [-0.25, -0.2) is 4.68 Å². The van der Waals surface area contributed by atoms with Crippen LogP contribution in [0.2, 0.25) is 0 Å². The fraction of sp³-hybridized carbons (Fsp3) is 0.125. The maximum absolute atomic E-state index is 12.9. The minimum atomic E-state index is -0.0739. The highest BCUT2D eigenvalue weighted by Crippen LogP contribution is 2.28. The molecule has 0 fully saturated rings. The van der Waals surface area contributed by atoms with Crippen molar-refractivity contribution in [3.05, 3.63) is 71.8 Å². The van der Waals surface area contributed by atoms with Gasteiger partial charge in [0.2, 0.25) is 0 Å². The van der Waals surface area contributed by atoms with E-state index in [-0.39, 0.29) is 5.91 Å². The van der Waals surface area contributed by atoms with Crippen LogP contribution in [0.1, 0.15) is 21.6 Å². The highest BCUT2D eigenvalue weighted by molar-refractivity contribution is 6.06. The highest BCUT2D eigenvalue weighted by Gasteiger charge is 2.25. The summed E-state index contributed by atoms with van der Waals surface area (Å²) < 4.78 is 1.83. The van der Waals surface area contributed by atoms with E-state index in [2.05, 4.69) is 15.3 Å². The zero-order valence-corrected chi connectivity index (χ0v) is 11.8. The van der Waals surface area contributed by atoms with Crippen molar-refractivity contribution >= 4 is 11.6 Å². The molecule has 1 aromatic carbocycles. The lowest BCUT2D eigenvalue weighted by atomic mass is 10.1. The minimum Gasteiger partial charge on any atom is -0.302 e. The van der Waals surface area contributed by atoms with Crippen LogP contribution in [0, 0.1) is 0 Å². The third kappa shape index (κ3) is 2.05. The largest absolute Gasteiger partial charge is 0.302 e. The van der Waals surface area contributed by atoms with Gasteiger partial charge in [0.05, 0.1) is 30.5 Å². The number of aromatic nitrogens is 4. The standard InChI is InChI=1S/C16H13N5O/c22-16(12-5-3-7-17-8-12)20-11-14-9-18-19-21(14)10-13-4-1-2-6-15(13)20/h1-9H,10-11H2. The van der Waals surface area contributed by atoms with E-state index in [0.717, 1.165) is 16.9 Å². The average Bonchev–Trinajstić information content (AvgIpc) is 2.94. The first-order chi connectivity index (χ1) is 10.8. The molecule has 0 atom stereocenters. The number of anilines is 1. The van der Waals surface area contributed by atoms with Crippen LogP contribution < -0.4 is 4.90 Å². The Morgan fingerprint density at radius 3 is 2.82 bits per heavy atom. The van der Waals surface area contributed by atoms with E-state index < -0.39 is 0 Å². The number of hydrogen-bond acceptors (Lipinski definition) is 4. The van der Waals surface area contributed by atoms with Crippen LogP contribution in [0.25, 0.3) is 0 Å². The number of benzene rings is 1. The normalized spacial score (nSPS) is 13.2. The van der Waals surface area contributed by atoms with Gasteiger partial charge in [-0.15, -0.1) is 5.10 Å². The van der Waals surface area contributed by atoms with Gasteiger partial charge in [0, 0.05) is 18.1 Å². The predicted molar refractivity (Wildman–Crippen MR) is 80.3 cm³/mol. The lowest BCUT2D eigenvalue weighted by Gasteiger charge is -2.22. The van der Waals surface area contributed by atoms with Crippen LogP contribution in [-0.2, 0) is 13.1 Å². The Kier molecular flexibility index (Phi) is 2.93. The minimum absolute atomic E-state index is 0.0739. The predicted octanol–water partition coefficient (Wildman–Crippen LogP) is 1.88. The second-order valence-electron chi connectivity index (χ2n) is 5.14. The molecule has 0 N–H and O–H groups in total. The first kappa shape index (κ1) is 12.7. The molecule has 22 heavy (non-hydrogen) atoms. The summed E-state index contributed by atoms with van der Waals surface area (Å²) in [4.78, 5) is 18.7. The number of carbonyl (C=O) groups is 1. The van der Waals surface area contributed by atoms with Gasteiger partial charge in [-0.1, -0.05) is 23.4 Å². The molecule has 6 heteroatoms. The van der Waals surface area contributed by atoms with Crippen molar-refractivity contribution in [3.8, 4) is 0 Å². The highest BCUT2D eigenvalue weighted by atomic mass is 16.2. The molecule has 1 aliphatic rings. The first-order valence-electron chi connectivity index (χ1n) is 7.00. The van der Waals surface area contributed by atoms with Crippen molar-refractivity contribution in [1.29, 1.82) is 0 Å². The third-order valence-electron chi connectivity index (χ3n) is 3.77. The molecule has 1 amide bonds. The molecule has 0 radical (unpaired) electrons. The van der Waals surface area contributed by atoms with Crippen LogP contribution >= 0.6 is 0 Å². The summed E-state index contributed by atoms with van der Waals surface area (Å²) in [7, 11) is 0. The molecule has 0 bridgehead atoms. The van der Waals surface area contributed by atoms with Gasteiger partial charge in [-0.2, -0.15) is 0 Å². The molecule has 0 spiro atoms. The molecule has 0 saturated carbocycles. The molecule has 3 aromatic rings. The lowest BCUT2D eigenvalue weighted by Crippen LogP contribution is -2.30. The summed E-state index contributed by atoms with van der Waals surface area (Å²) in [5.41, 5.74) is 3.43. The number of para-hydroxylation sites is 1. The Morgan fingerprint density at radius 1 is 1.05 bits per heavy atom. The zero-order valence-electron chi connectivity index (χ0n) is 11.8. The monoisotopic (exact) mass is 291 g/mol. The van der Waals surface area contributed by atoms with Gasteiger partial charge < -0.3 is 4.90 Å². The van der Waals surface area contributed by atoms with Crippen LogP contribution in [0.15, 0.2) is 55.0 Å². The van der Waals surface area contributed by atoms with Gasteiger partial charge >= 0.3 is 0 Å². The van der Waals surface area contributed by atoms with E-state index in [1.807, 2.05) is 28.9 Å². The second kappa shape index (κ2) is 5.07. The molecular formula is C16H13N5O. The fourth-order valence-electron chi connectivity index (χ4n) is 2.68. The van der Waals surface area contributed by atoms with Gasteiger partial charge in [-0.05, 0) is 23.8 Å². The van der Waals surface area contributed by atoms with E-state index in [1.54, 1.807) is 35.6 Å². The van der Waals surface area contributed by atoms with E-state index in [1.165, 1.54) is 0 Å². The number of rotatable bonds is 1. The fourth-order valence-corrected chi connectivity index (χ4v) is 2.68. The van der Waals surface area contributed by atoms with Gasteiger partial charge in [0.1, 0.15) is 0 Å². The SMILES string of the molecule is O=C(c1cccnc1)N1Cc2cnnn2Cc2ccccc21. The Morgan fingerprint density at radius 2 is 1.95 bits per heavy atom. The van der Waals surface area contributed by atoms with Crippen LogP contribution in [0.4, 0.5) is 5.69 Å². The van der Waals surface area contributed by atoms with Crippen molar-refractivity contribution in [2.24, 2.45) is 0 Å². The summed E-state index contributed by atoms with van der Waals surface area (Å²) in [6, 6.07) is 11.4. The third-order valence-corrected chi connectivity index (χ3v) is 3.77. The van der Waals surface area contributed by atoms with E-state index in [9.17, 15) is 4.79 Å². The van der Waals surface area contributed by atoms with Crippen molar-refractivity contribution < 1.29 is 4.79 Å². The number of nitrogens with zero attached hydrogens (tertiary/aromatic N) is 5. The smallest absolute Gasteiger partial charge is 0.260 e. The molecule has 4 rings (SSSR count). The van der Waals surface area contributed by atoms with Gasteiger partial charge in [-0.3, -0.25) is 9.78 Å².